The summed E-state index contributed by atoms with van der Waals surface area (Å²) in [4.78, 5) is 16.9. The normalized spacial score (nSPS) is 16.1. The van der Waals surface area contributed by atoms with Crippen LogP contribution in [0.5, 0.6) is 5.75 Å². The number of rotatable bonds is 8. The predicted molar refractivity (Wildman–Crippen MR) is 144 cm³/mol. The number of benzene rings is 2. The second kappa shape index (κ2) is 10.2. The first-order valence-electron chi connectivity index (χ1n) is 12.3. The van der Waals surface area contributed by atoms with Crippen LogP contribution in [0.3, 0.4) is 0 Å². The summed E-state index contributed by atoms with van der Waals surface area (Å²) in [5, 5.41) is 26.9. The lowest BCUT2D eigenvalue weighted by Crippen LogP contribution is -2.60. The number of aromatic carboxylic acids is 1. The summed E-state index contributed by atoms with van der Waals surface area (Å²) in [7, 11) is 0. The van der Waals surface area contributed by atoms with E-state index >= 15 is 0 Å². The second-order valence-corrected chi connectivity index (χ2v) is 11.1. The van der Waals surface area contributed by atoms with Crippen LogP contribution in [0.1, 0.15) is 46.0 Å². The minimum absolute atomic E-state index is 0.0235. The van der Waals surface area contributed by atoms with Crippen molar-refractivity contribution in [1.82, 2.24) is 10.1 Å². The Morgan fingerprint density at radius 2 is 1.85 bits per heavy atom. The first-order chi connectivity index (χ1) is 19.1. The van der Waals surface area contributed by atoms with Crippen molar-refractivity contribution in [2.45, 2.75) is 31.0 Å². The van der Waals surface area contributed by atoms with Gasteiger partial charge in [-0.2, -0.15) is 0 Å². The summed E-state index contributed by atoms with van der Waals surface area (Å²) in [6.07, 6.45) is 3.13. The molecular weight excluding hydrogens is 584 g/mol. The van der Waals surface area contributed by atoms with Gasteiger partial charge in [-0.15, -0.1) is 0 Å². The van der Waals surface area contributed by atoms with Gasteiger partial charge in [0.2, 0.25) is 0 Å². The Bertz CT molecular complexity index is 1600. The summed E-state index contributed by atoms with van der Waals surface area (Å²) in [6.45, 7) is 0.521. The van der Waals surface area contributed by atoms with E-state index in [0.717, 1.165) is 12.8 Å². The van der Waals surface area contributed by atoms with E-state index in [0.29, 0.717) is 44.7 Å². The molecule has 2 fully saturated rings. The molecule has 0 amide bonds. The van der Waals surface area contributed by atoms with E-state index in [1.807, 2.05) is 0 Å². The number of carboxylic acid groups (broad SMARTS) is 1. The number of halogens is 4. The van der Waals surface area contributed by atoms with Crippen LogP contribution in [-0.2, 0) is 12.2 Å². The molecule has 12 heteroatoms. The lowest BCUT2D eigenvalue weighted by Gasteiger charge is -2.47. The first kappa shape index (κ1) is 26.8. The van der Waals surface area contributed by atoms with Crippen molar-refractivity contribution in [3.63, 3.8) is 0 Å². The van der Waals surface area contributed by atoms with Crippen molar-refractivity contribution in [1.29, 1.82) is 0 Å². The zero-order valence-electron chi connectivity index (χ0n) is 20.7. The van der Waals surface area contributed by atoms with E-state index in [-0.39, 0.29) is 41.2 Å². The number of anilines is 1. The van der Waals surface area contributed by atoms with Gasteiger partial charge in [0, 0.05) is 28.8 Å². The maximum atomic E-state index is 13.8. The molecule has 0 radical (unpaired) electrons. The van der Waals surface area contributed by atoms with Crippen LogP contribution in [0.4, 0.5) is 10.2 Å². The molecule has 40 heavy (non-hydrogen) atoms. The Balaban J connectivity index is 1.18. The molecule has 206 valence electrons. The molecule has 1 saturated carbocycles. The van der Waals surface area contributed by atoms with Gasteiger partial charge in [-0.1, -0.05) is 46.0 Å². The Labute approximate surface area is 242 Å². The average Bonchev–Trinajstić information content (AvgIpc) is 3.65. The molecule has 1 N–H and O–H groups in total. The van der Waals surface area contributed by atoms with Crippen LogP contribution in [0, 0.1) is 5.82 Å². The lowest BCUT2D eigenvalue weighted by molar-refractivity contribution is -0.255. The highest BCUT2D eigenvalue weighted by molar-refractivity contribution is 6.39. The standard InChI is InChI=1S/C28H21Cl3FN3O5/c29-20-9-17(4-5-19(20)28(38)12-35(13-28)23-6-3-15(10-33-23)27(36)37)39-11-18-25(34-40-26(18)14-1-2-14)24-21(30)7-16(32)8-22(24)31/h3-10,14,38H,1-2,11-13H2,(H,36,37)/p-1. The molecule has 2 aromatic heterocycles. The van der Waals surface area contributed by atoms with Gasteiger partial charge in [0.05, 0.1) is 39.7 Å². The largest absolute Gasteiger partial charge is 0.545 e. The monoisotopic (exact) mass is 602 g/mol. The van der Waals surface area contributed by atoms with Crippen molar-refractivity contribution >= 4 is 46.6 Å². The van der Waals surface area contributed by atoms with Crippen LogP contribution in [0.15, 0.2) is 53.2 Å². The van der Waals surface area contributed by atoms with Gasteiger partial charge in [-0.05, 0) is 49.2 Å². The number of ether oxygens (including phenoxy) is 1. The van der Waals surface area contributed by atoms with Crippen molar-refractivity contribution < 1.29 is 28.7 Å². The van der Waals surface area contributed by atoms with Gasteiger partial charge >= 0.3 is 0 Å². The Hall–Kier alpha value is -3.37. The van der Waals surface area contributed by atoms with E-state index in [4.69, 9.17) is 44.1 Å². The fraction of sp³-hybridized carbons (Fsp3) is 0.250. The topological polar surface area (TPSA) is 112 Å². The van der Waals surface area contributed by atoms with Gasteiger partial charge in [0.1, 0.15) is 41.0 Å². The number of nitrogens with zero attached hydrogens (tertiary/aromatic N) is 3. The molecule has 0 atom stereocenters. The Kier molecular flexibility index (Phi) is 6.86. The van der Waals surface area contributed by atoms with Crippen LogP contribution in [-0.4, -0.2) is 34.3 Å². The molecule has 0 spiro atoms. The SMILES string of the molecule is O=C([O-])c1ccc(N2CC(O)(c3ccc(OCc4c(-c5c(Cl)cc(F)cc5Cl)noc4C4CC4)cc3Cl)C2)nc1. The molecule has 3 heterocycles. The molecule has 2 aromatic carbocycles. The van der Waals surface area contributed by atoms with Crippen molar-refractivity contribution in [2.75, 3.05) is 18.0 Å². The summed E-state index contributed by atoms with van der Waals surface area (Å²) in [5.41, 5.74) is 0.713. The van der Waals surface area contributed by atoms with Crippen LogP contribution in [0.25, 0.3) is 11.3 Å². The molecule has 1 aliphatic heterocycles. The third kappa shape index (κ3) is 4.99. The maximum absolute atomic E-state index is 13.8. The van der Waals surface area contributed by atoms with Gasteiger partial charge < -0.3 is 29.2 Å². The van der Waals surface area contributed by atoms with Gasteiger partial charge in [0.15, 0.2) is 0 Å². The fourth-order valence-electron chi connectivity index (χ4n) is 4.82. The predicted octanol–water partition coefficient (Wildman–Crippen LogP) is 5.36. The first-order valence-corrected chi connectivity index (χ1v) is 13.5. The molecular formula is C28H20Cl3FN3O5-. The van der Waals surface area contributed by atoms with E-state index in [1.54, 1.807) is 29.2 Å². The number of carboxylic acids is 1. The number of aliphatic hydroxyl groups is 1. The number of aromatic nitrogens is 2. The van der Waals surface area contributed by atoms with Crippen LogP contribution < -0.4 is 14.7 Å². The third-order valence-corrected chi connectivity index (χ3v) is 7.96. The number of carbonyl (C=O) groups is 1. The average molecular weight is 604 g/mol. The van der Waals surface area contributed by atoms with E-state index in [9.17, 15) is 19.4 Å². The number of hydrogen-bond acceptors (Lipinski definition) is 8. The summed E-state index contributed by atoms with van der Waals surface area (Å²) < 4.78 is 25.5. The zero-order chi connectivity index (χ0) is 28.2. The van der Waals surface area contributed by atoms with Gasteiger partial charge in [-0.25, -0.2) is 9.37 Å². The molecule has 0 bridgehead atoms. The quantitative estimate of drug-likeness (QED) is 0.286. The molecule has 4 aromatic rings. The highest BCUT2D eigenvalue weighted by atomic mass is 35.5. The molecule has 6 rings (SSSR count). The molecule has 0 unspecified atom stereocenters. The Morgan fingerprint density at radius 3 is 2.45 bits per heavy atom. The fourth-order valence-corrected chi connectivity index (χ4v) is 5.81. The highest BCUT2D eigenvalue weighted by Gasteiger charge is 2.44. The minimum Gasteiger partial charge on any atom is -0.545 e. The molecule has 8 nitrogen and oxygen atoms in total. The number of carbonyl (C=O) groups excluding carboxylic acids is 1. The third-order valence-electron chi connectivity index (χ3n) is 7.05. The highest BCUT2D eigenvalue weighted by Crippen LogP contribution is 2.46. The molecule has 2 aliphatic rings. The Morgan fingerprint density at radius 1 is 1.12 bits per heavy atom. The molecule has 1 aliphatic carbocycles. The number of β-amino-alcohol motifs (C(OH)–C–C–N with tert-alkyl or cyclic N) is 1. The van der Waals surface area contributed by atoms with Crippen LogP contribution >= 0.6 is 34.8 Å². The molecule has 1 saturated heterocycles. The zero-order valence-corrected chi connectivity index (χ0v) is 22.9. The lowest BCUT2D eigenvalue weighted by atomic mass is 9.86. The van der Waals surface area contributed by atoms with Crippen molar-refractivity contribution in [3.8, 4) is 17.0 Å². The van der Waals surface area contributed by atoms with E-state index in [1.165, 1.54) is 24.4 Å². The number of pyridine rings is 1. The smallest absolute Gasteiger partial charge is 0.147 e. The van der Waals surface area contributed by atoms with E-state index in [2.05, 4.69) is 10.1 Å². The van der Waals surface area contributed by atoms with Crippen LogP contribution in [0.2, 0.25) is 15.1 Å². The summed E-state index contributed by atoms with van der Waals surface area (Å²) in [6, 6.07) is 10.3. The van der Waals surface area contributed by atoms with Crippen molar-refractivity contribution in [3.05, 3.63) is 92.0 Å². The summed E-state index contributed by atoms with van der Waals surface area (Å²) in [5.74, 6) is 0.0189. The van der Waals surface area contributed by atoms with Crippen molar-refractivity contribution in [2.24, 2.45) is 0 Å². The summed E-state index contributed by atoms with van der Waals surface area (Å²) >= 11 is 19.2. The van der Waals surface area contributed by atoms with Gasteiger partial charge in [-0.3, -0.25) is 0 Å². The second-order valence-electron chi connectivity index (χ2n) is 9.90. The maximum Gasteiger partial charge on any atom is 0.147 e. The minimum atomic E-state index is -1.31. The van der Waals surface area contributed by atoms with Gasteiger partial charge in [0.25, 0.3) is 0 Å². The van der Waals surface area contributed by atoms with E-state index < -0.39 is 17.4 Å². The number of hydrogen-bond donors (Lipinski definition) is 1.